The molecule has 1 aliphatic carbocycles. The minimum atomic E-state index is -0.480. The van der Waals surface area contributed by atoms with E-state index in [2.05, 4.69) is 11.6 Å². The summed E-state index contributed by atoms with van der Waals surface area (Å²) in [5.74, 6) is 0.559. The van der Waals surface area contributed by atoms with Crippen LogP contribution in [0, 0.1) is 0 Å². The first-order chi connectivity index (χ1) is 13.1. The first-order valence-corrected chi connectivity index (χ1v) is 9.97. The van der Waals surface area contributed by atoms with Gasteiger partial charge in [-0.1, -0.05) is 13.5 Å². The molecule has 0 aliphatic heterocycles. The quantitative estimate of drug-likeness (QED) is 0.516. The van der Waals surface area contributed by atoms with Crippen LogP contribution < -0.4 is 4.74 Å². The smallest absolute Gasteiger partial charge is 0.322 e. The number of rotatable bonds is 7. The highest BCUT2D eigenvalue weighted by Gasteiger charge is 2.46. The largest absolute Gasteiger partial charge is 0.491 e. The summed E-state index contributed by atoms with van der Waals surface area (Å²) in [6.45, 7) is 7.71. The van der Waals surface area contributed by atoms with Crippen molar-refractivity contribution >= 4 is 28.6 Å². The average molecular weight is 406 g/mol. The minimum Gasteiger partial charge on any atom is -0.491 e. The molecule has 1 saturated carbocycles. The fourth-order valence-electron chi connectivity index (χ4n) is 2.76. The van der Waals surface area contributed by atoms with E-state index in [9.17, 15) is 4.79 Å². The maximum atomic E-state index is 12.4. The van der Waals surface area contributed by atoms with E-state index in [4.69, 9.17) is 14.6 Å². The number of hydrogen-bond acceptors (Lipinski definition) is 6. The molecule has 0 saturated heterocycles. The molecule has 1 aromatic heterocycles. The molecule has 28 heavy (non-hydrogen) atoms. The first kappa shape index (κ1) is 24.0. The molecule has 5 nitrogen and oxygen atoms in total. The van der Waals surface area contributed by atoms with Crippen molar-refractivity contribution in [2.45, 2.75) is 50.2 Å². The number of benzene rings is 1. The van der Waals surface area contributed by atoms with Gasteiger partial charge in [0.05, 0.1) is 18.7 Å². The summed E-state index contributed by atoms with van der Waals surface area (Å²) in [5, 5.41) is 9.86. The Balaban J connectivity index is 0.000000921. The molecule has 1 aromatic carbocycles. The molecule has 154 valence electrons. The number of esters is 1. The van der Waals surface area contributed by atoms with Crippen molar-refractivity contribution in [3.63, 3.8) is 0 Å². The molecular formula is C22H31NO4S. The van der Waals surface area contributed by atoms with Crippen LogP contribution in [0.5, 0.6) is 5.75 Å². The number of aliphatic hydroxyl groups excluding tert-OH is 1. The Morgan fingerprint density at radius 2 is 2.11 bits per heavy atom. The molecule has 1 aliphatic rings. The Morgan fingerprint density at radius 1 is 1.39 bits per heavy atom. The van der Waals surface area contributed by atoms with Crippen LogP contribution in [0.4, 0.5) is 0 Å². The number of allylic oxidation sites excluding steroid dienone is 1. The lowest BCUT2D eigenvalue weighted by Crippen LogP contribution is -2.43. The second-order valence-electron chi connectivity index (χ2n) is 6.14. The Hall–Kier alpha value is -2.05. The van der Waals surface area contributed by atoms with Gasteiger partial charge >= 0.3 is 5.97 Å². The van der Waals surface area contributed by atoms with Crippen LogP contribution in [0.25, 0.3) is 10.9 Å². The van der Waals surface area contributed by atoms with Crippen molar-refractivity contribution in [1.82, 2.24) is 4.98 Å². The number of fused-ring (bicyclic) bond motifs is 1. The predicted molar refractivity (Wildman–Crippen MR) is 116 cm³/mol. The van der Waals surface area contributed by atoms with Gasteiger partial charge in [0.15, 0.2) is 0 Å². The lowest BCUT2D eigenvalue weighted by atomic mass is 9.84. The van der Waals surface area contributed by atoms with Crippen LogP contribution in [-0.2, 0) is 9.53 Å². The zero-order valence-electron chi connectivity index (χ0n) is 15.9. The van der Waals surface area contributed by atoms with E-state index in [0.29, 0.717) is 12.4 Å². The molecule has 0 atom stereocenters. The van der Waals surface area contributed by atoms with Crippen molar-refractivity contribution in [2.24, 2.45) is 0 Å². The second-order valence-corrected chi connectivity index (χ2v) is 7.56. The number of carbonyl (C=O) groups is 1. The highest BCUT2D eigenvalue weighted by Crippen LogP contribution is 2.50. The number of aliphatic hydroxyl groups is 1. The molecule has 6 heteroatoms. The zero-order chi connectivity index (χ0) is 19.7. The Morgan fingerprint density at radius 3 is 2.68 bits per heavy atom. The van der Waals surface area contributed by atoms with Crippen molar-refractivity contribution < 1.29 is 19.4 Å². The molecule has 0 spiro atoms. The van der Waals surface area contributed by atoms with E-state index in [1.54, 1.807) is 24.0 Å². The summed E-state index contributed by atoms with van der Waals surface area (Å²) in [5.41, 5.74) is 0.856. The van der Waals surface area contributed by atoms with E-state index < -0.39 is 4.75 Å². The van der Waals surface area contributed by atoms with E-state index >= 15 is 0 Å². The highest BCUT2D eigenvalue weighted by atomic mass is 32.2. The van der Waals surface area contributed by atoms with Crippen molar-refractivity contribution in [3.05, 3.63) is 43.1 Å². The maximum Gasteiger partial charge on any atom is 0.322 e. The third-order valence-corrected chi connectivity index (χ3v) is 5.69. The summed E-state index contributed by atoms with van der Waals surface area (Å²) in [6, 6.07) is 7.58. The third kappa shape index (κ3) is 5.72. The Kier molecular flexibility index (Phi) is 10.0. The van der Waals surface area contributed by atoms with Gasteiger partial charge in [-0.15, -0.1) is 18.3 Å². The zero-order valence-corrected chi connectivity index (χ0v) is 16.8. The number of nitrogens with zero attached hydrogens (tertiary/aromatic N) is 1. The number of pyridine rings is 1. The van der Waals surface area contributed by atoms with Gasteiger partial charge in [0.1, 0.15) is 17.1 Å². The standard InChI is InChI=1S/C18H21NO4S.C3H6.CH4/c1-2-22-17(21)18(7-3-8-18)24-16-6-9-19-15-5-4-13(12-14(15)16)23-11-10-20;1-3-2;/h4-6,9,12,20H,2-3,7-8,10-11H2,1H3;3H,1H2,2H3;1H4. The SMILES string of the molecule is C.C=CC.CCOC(=O)C1(Sc2ccnc3ccc(OCCO)cc23)CCC1. The summed E-state index contributed by atoms with van der Waals surface area (Å²) in [7, 11) is 0. The fourth-order valence-corrected chi connectivity index (χ4v) is 4.22. The van der Waals surface area contributed by atoms with E-state index in [1.165, 1.54) is 0 Å². The maximum absolute atomic E-state index is 12.4. The van der Waals surface area contributed by atoms with Crippen LogP contribution in [-0.4, -0.2) is 40.6 Å². The fraction of sp³-hybridized carbons (Fsp3) is 0.455. The number of aromatic nitrogens is 1. The number of ether oxygens (including phenoxy) is 2. The van der Waals surface area contributed by atoms with Gasteiger partial charge in [0.2, 0.25) is 0 Å². The molecule has 0 bridgehead atoms. The van der Waals surface area contributed by atoms with Crippen molar-refractivity contribution in [1.29, 1.82) is 0 Å². The van der Waals surface area contributed by atoms with Gasteiger partial charge in [0.25, 0.3) is 0 Å². The van der Waals surface area contributed by atoms with Gasteiger partial charge in [-0.3, -0.25) is 9.78 Å². The van der Waals surface area contributed by atoms with E-state index in [1.807, 2.05) is 38.1 Å². The molecule has 1 heterocycles. The van der Waals surface area contributed by atoms with Gasteiger partial charge < -0.3 is 14.6 Å². The molecular weight excluding hydrogens is 374 g/mol. The summed E-state index contributed by atoms with van der Waals surface area (Å²) >= 11 is 1.57. The molecule has 0 radical (unpaired) electrons. The van der Waals surface area contributed by atoms with Gasteiger partial charge in [-0.05, 0) is 57.4 Å². The Labute approximate surface area is 172 Å². The minimum absolute atomic E-state index is 0. The lowest BCUT2D eigenvalue weighted by Gasteiger charge is -2.38. The Bertz CT molecular complexity index is 774. The van der Waals surface area contributed by atoms with E-state index in [0.717, 1.165) is 35.1 Å². The molecule has 1 N–H and O–H groups in total. The molecule has 3 rings (SSSR count). The summed E-state index contributed by atoms with van der Waals surface area (Å²) in [4.78, 5) is 17.8. The molecule has 0 amide bonds. The topological polar surface area (TPSA) is 68.7 Å². The number of carbonyl (C=O) groups excluding carboxylic acids is 1. The van der Waals surface area contributed by atoms with Crippen molar-refractivity contribution in [3.8, 4) is 5.75 Å². The van der Waals surface area contributed by atoms with Crippen LogP contribution in [0.1, 0.15) is 40.5 Å². The summed E-state index contributed by atoms with van der Waals surface area (Å²) in [6.07, 6.45) is 6.22. The third-order valence-electron chi connectivity index (χ3n) is 4.15. The lowest BCUT2D eigenvalue weighted by molar-refractivity contribution is -0.148. The van der Waals surface area contributed by atoms with Crippen LogP contribution in [0.2, 0.25) is 0 Å². The van der Waals surface area contributed by atoms with Crippen molar-refractivity contribution in [2.75, 3.05) is 19.8 Å². The monoisotopic (exact) mass is 405 g/mol. The number of thioether (sulfide) groups is 1. The first-order valence-electron chi connectivity index (χ1n) is 9.16. The van der Waals surface area contributed by atoms with Gasteiger partial charge in [0, 0.05) is 16.5 Å². The van der Waals surface area contributed by atoms with Crippen LogP contribution >= 0.6 is 11.8 Å². The normalized spacial score (nSPS) is 14.0. The van der Waals surface area contributed by atoms with E-state index in [-0.39, 0.29) is 26.6 Å². The molecule has 1 fully saturated rings. The second kappa shape index (κ2) is 11.7. The molecule has 2 aromatic rings. The summed E-state index contributed by atoms with van der Waals surface area (Å²) < 4.78 is 10.3. The van der Waals surface area contributed by atoms with Crippen LogP contribution in [0.15, 0.2) is 48.0 Å². The van der Waals surface area contributed by atoms with Gasteiger partial charge in [-0.2, -0.15) is 0 Å². The highest BCUT2D eigenvalue weighted by molar-refractivity contribution is 8.01. The average Bonchev–Trinajstić information content (AvgIpc) is 2.63. The number of hydrogen-bond donors (Lipinski definition) is 1. The van der Waals surface area contributed by atoms with Gasteiger partial charge in [-0.25, -0.2) is 0 Å². The molecule has 0 unspecified atom stereocenters. The predicted octanol–water partition coefficient (Wildman–Crippen LogP) is 5.01. The van der Waals surface area contributed by atoms with Crippen LogP contribution in [0.3, 0.4) is 0 Å².